The maximum Gasteiger partial charge on any atom is 0.0240 e. The van der Waals surface area contributed by atoms with Crippen LogP contribution >= 0.6 is 11.6 Å². The van der Waals surface area contributed by atoms with Crippen molar-refractivity contribution in [3.8, 4) is 0 Å². The van der Waals surface area contributed by atoms with Gasteiger partial charge in [0, 0.05) is 11.4 Å². The van der Waals surface area contributed by atoms with Crippen LogP contribution in [0.25, 0.3) is 0 Å². The van der Waals surface area contributed by atoms with Crippen LogP contribution in [0.2, 0.25) is 0 Å². The number of halogens is 1. The lowest BCUT2D eigenvalue weighted by atomic mass is 9.87. The summed E-state index contributed by atoms with van der Waals surface area (Å²) in [5.41, 5.74) is 0.263. The predicted octanol–water partition coefficient (Wildman–Crippen LogP) is 3.95. The molecule has 1 nitrogen and oxygen atoms in total. The first-order valence-corrected chi connectivity index (χ1v) is 7.04. The Labute approximate surface area is 100.0 Å². The van der Waals surface area contributed by atoms with E-state index < -0.39 is 0 Å². The van der Waals surface area contributed by atoms with Gasteiger partial charge in [0.2, 0.25) is 0 Å². The lowest BCUT2D eigenvalue weighted by Crippen LogP contribution is -2.44. The van der Waals surface area contributed by atoms with Crippen LogP contribution in [0, 0.1) is 5.92 Å². The van der Waals surface area contributed by atoms with E-state index in [1.165, 1.54) is 45.1 Å². The molecule has 0 spiro atoms. The Balaban J connectivity index is 2.25. The monoisotopic (exact) mass is 231 g/mol. The topological polar surface area (TPSA) is 12.0 Å². The van der Waals surface area contributed by atoms with Gasteiger partial charge >= 0.3 is 0 Å². The normalized spacial score (nSPS) is 22.6. The van der Waals surface area contributed by atoms with Crippen molar-refractivity contribution in [3.63, 3.8) is 0 Å². The van der Waals surface area contributed by atoms with Crippen molar-refractivity contribution in [2.24, 2.45) is 5.92 Å². The summed E-state index contributed by atoms with van der Waals surface area (Å²) in [5, 5.41) is 3.73. The number of rotatable bonds is 6. The number of hydrogen-bond donors (Lipinski definition) is 1. The van der Waals surface area contributed by atoms with E-state index in [2.05, 4.69) is 19.2 Å². The van der Waals surface area contributed by atoms with Crippen molar-refractivity contribution in [1.82, 2.24) is 5.32 Å². The smallest absolute Gasteiger partial charge is 0.0240 e. The average molecular weight is 232 g/mol. The Hall–Kier alpha value is 0.250. The third kappa shape index (κ3) is 4.74. The molecule has 0 saturated heterocycles. The van der Waals surface area contributed by atoms with Gasteiger partial charge in [0.15, 0.2) is 0 Å². The molecule has 1 rings (SSSR count). The summed E-state index contributed by atoms with van der Waals surface area (Å²) in [6, 6.07) is 0. The average Bonchev–Trinajstić information content (AvgIpc) is 2.28. The molecule has 1 aliphatic rings. The highest BCUT2D eigenvalue weighted by atomic mass is 35.5. The van der Waals surface area contributed by atoms with Crippen LogP contribution in [-0.2, 0) is 0 Å². The summed E-state index contributed by atoms with van der Waals surface area (Å²) in [7, 11) is 0. The zero-order valence-corrected chi connectivity index (χ0v) is 11.1. The molecule has 0 aromatic carbocycles. The largest absolute Gasteiger partial charge is 0.311 e. The third-order valence-corrected chi connectivity index (χ3v) is 4.16. The quantitative estimate of drug-likeness (QED) is 0.683. The van der Waals surface area contributed by atoms with Gasteiger partial charge < -0.3 is 5.32 Å². The minimum atomic E-state index is 0.263. The summed E-state index contributed by atoms with van der Waals surface area (Å²) < 4.78 is 0. The van der Waals surface area contributed by atoms with E-state index in [0.717, 1.165) is 18.2 Å². The van der Waals surface area contributed by atoms with E-state index in [1.807, 2.05) is 0 Å². The van der Waals surface area contributed by atoms with Gasteiger partial charge in [0.05, 0.1) is 0 Å². The van der Waals surface area contributed by atoms with E-state index in [1.54, 1.807) is 0 Å². The van der Waals surface area contributed by atoms with E-state index in [-0.39, 0.29) is 5.54 Å². The molecule has 0 radical (unpaired) electrons. The van der Waals surface area contributed by atoms with Crippen LogP contribution in [-0.4, -0.2) is 18.0 Å². The van der Waals surface area contributed by atoms with Crippen molar-refractivity contribution in [2.45, 2.75) is 64.3 Å². The molecule has 1 unspecified atom stereocenters. The lowest BCUT2D eigenvalue weighted by molar-refractivity contribution is 0.270. The second kappa shape index (κ2) is 6.75. The second-order valence-corrected chi connectivity index (χ2v) is 5.62. The van der Waals surface area contributed by atoms with Crippen LogP contribution in [0.1, 0.15) is 58.8 Å². The fourth-order valence-corrected chi connectivity index (χ4v) is 2.80. The molecule has 1 N–H and O–H groups in total. The van der Waals surface area contributed by atoms with Crippen molar-refractivity contribution in [2.75, 3.05) is 12.4 Å². The first-order chi connectivity index (χ1) is 7.20. The predicted molar refractivity (Wildman–Crippen MR) is 68.6 cm³/mol. The zero-order chi connectivity index (χ0) is 11.1. The van der Waals surface area contributed by atoms with Crippen LogP contribution in [0.15, 0.2) is 0 Å². The molecular weight excluding hydrogens is 206 g/mol. The van der Waals surface area contributed by atoms with Crippen molar-refractivity contribution in [3.05, 3.63) is 0 Å². The van der Waals surface area contributed by atoms with Gasteiger partial charge in [-0.3, -0.25) is 0 Å². The highest BCUT2D eigenvalue weighted by Gasteiger charge is 2.22. The van der Waals surface area contributed by atoms with Crippen LogP contribution in [0.4, 0.5) is 0 Å². The highest BCUT2D eigenvalue weighted by molar-refractivity contribution is 6.17. The lowest BCUT2D eigenvalue weighted by Gasteiger charge is -2.32. The minimum absolute atomic E-state index is 0.263. The number of alkyl halides is 1. The summed E-state index contributed by atoms with van der Waals surface area (Å²) in [6.45, 7) is 5.75. The Morgan fingerprint density at radius 3 is 2.47 bits per heavy atom. The molecule has 15 heavy (non-hydrogen) atoms. The second-order valence-electron chi connectivity index (χ2n) is 5.24. The molecule has 1 saturated carbocycles. The fraction of sp³-hybridized carbons (Fsp3) is 1.00. The van der Waals surface area contributed by atoms with Crippen LogP contribution in [0.5, 0.6) is 0 Å². The van der Waals surface area contributed by atoms with Gasteiger partial charge in [-0.15, -0.1) is 11.6 Å². The maximum atomic E-state index is 5.85. The van der Waals surface area contributed by atoms with E-state index in [9.17, 15) is 0 Å². The Kier molecular flexibility index (Phi) is 5.99. The number of hydrogen-bond acceptors (Lipinski definition) is 1. The molecule has 0 bridgehead atoms. The molecule has 1 fully saturated rings. The minimum Gasteiger partial charge on any atom is -0.311 e. The fourth-order valence-electron chi connectivity index (χ4n) is 2.38. The van der Waals surface area contributed by atoms with Gasteiger partial charge in [-0.25, -0.2) is 0 Å². The molecule has 90 valence electrons. The molecule has 1 atom stereocenters. The van der Waals surface area contributed by atoms with Crippen molar-refractivity contribution in [1.29, 1.82) is 0 Å². The van der Waals surface area contributed by atoms with Gasteiger partial charge in [0.25, 0.3) is 0 Å². The summed E-state index contributed by atoms with van der Waals surface area (Å²) >= 11 is 5.85. The molecule has 0 amide bonds. The van der Waals surface area contributed by atoms with Crippen LogP contribution < -0.4 is 5.32 Å². The summed E-state index contributed by atoms with van der Waals surface area (Å²) in [5.74, 6) is 1.68. The van der Waals surface area contributed by atoms with Gasteiger partial charge in [-0.1, -0.05) is 26.2 Å². The van der Waals surface area contributed by atoms with E-state index in [4.69, 9.17) is 11.6 Å². The summed E-state index contributed by atoms with van der Waals surface area (Å²) in [4.78, 5) is 0. The van der Waals surface area contributed by atoms with Gasteiger partial charge in [0.1, 0.15) is 0 Å². The molecule has 0 aliphatic heterocycles. The first kappa shape index (κ1) is 13.3. The van der Waals surface area contributed by atoms with Crippen molar-refractivity contribution >= 4 is 11.6 Å². The standard InChI is InChI=1S/C13H26ClN/c1-3-13(2,9-10-14)15-11-12-7-5-4-6-8-12/h12,15H,3-11H2,1-2H3. The SMILES string of the molecule is CCC(C)(CCCl)NCC1CCCCC1. The molecule has 1 aliphatic carbocycles. The van der Waals surface area contributed by atoms with Gasteiger partial charge in [-0.2, -0.15) is 0 Å². The Morgan fingerprint density at radius 2 is 1.93 bits per heavy atom. The molecule has 2 heteroatoms. The molecule has 0 aromatic heterocycles. The summed E-state index contributed by atoms with van der Waals surface area (Å²) in [6.07, 6.45) is 9.42. The molecule has 0 heterocycles. The Morgan fingerprint density at radius 1 is 1.27 bits per heavy atom. The highest BCUT2D eigenvalue weighted by Crippen LogP contribution is 2.24. The first-order valence-electron chi connectivity index (χ1n) is 6.51. The zero-order valence-electron chi connectivity index (χ0n) is 10.3. The van der Waals surface area contributed by atoms with Gasteiger partial charge in [-0.05, 0) is 45.1 Å². The van der Waals surface area contributed by atoms with Crippen LogP contribution in [0.3, 0.4) is 0 Å². The maximum absolute atomic E-state index is 5.85. The molecule has 0 aromatic rings. The molecular formula is C13H26ClN. The Bertz CT molecular complexity index is 166. The third-order valence-electron chi connectivity index (χ3n) is 3.97. The van der Waals surface area contributed by atoms with Crippen molar-refractivity contribution < 1.29 is 0 Å². The number of nitrogens with one attached hydrogen (secondary N) is 1. The van der Waals surface area contributed by atoms with E-state index >= 15 is 0 Å². The van der Waals surface area contributed by atoms with E-state index in [0.29, 0.717) is 0 Å².